The van der Waals surface area contributed by atoms with Crippen molar-refractivity contribution in [2.24, 2.45) is 0 Å². The van der Waals surface area contributed by atoms with Crippen molar-refractivity contribution in [2.45, 2.75) is 59.1 Å². The molecule has 0 heterocycles. The van der Waals surface area contributed by atoms with E-state index in [1.165, 1.54) is 57.3 Å². The predicted molar refractivity (Wildman–Crippen MR) is 125 cm³/mol. The molecular weight excluding hydrogens is 380 g/mol. The van der Waals surface area contributed by atoms with Gasteiger partial charge >= 0.3 is 0 Å². The number of unbranched alkanes of at least 4 members (excludes halogenated alkanes) is 2. The highest BCUT2D eigenvalue weighted by Crippen LogP contribution is 2.26. The molecule has 0 atom stereocenters. The first kappa shape index (κ1) is 23.7. The maximum atomic E-state index is 6.41. The molecule has 0 aliphatic carbocycles. The molecule has 2 aromatic carbocycles. The van der Waals surface area contributed by atoms with Gasteiger partial charge in [-0.3, -0.25) is 0 Å². The molecule has 0 aliphatic heterocycles. The minimum atomic E-state index is 0.532. The summed E-state index contributed by atoms with van der Waals surface area (Å²) in [5, 5.41) is 4.22. The van der Waals surface area contributed by atoms with E-state index < -0.39 is 0 Å². The lowest BCUT2D eigenvalue weighted by molar-refractivity contribution is 0.261. The Hall–Kier alpha value is -1.55. The van der Waals surface area contributed by atoms with Gasteiger partial charge in [-0.25, -0.2) is 0 Å². The number of benzene rings is 2. The van der Waals surface area contributed by atoms with Gasteiger partial charge in [-0.2, -0.15) is 0 Å². The van der Waals surface area contributed by atoms with Crippen LogP contribution >= 0.6 is 11.6 Å². The second-order valence-corrected chi connectivity index (χ2v) is 8.03. The summed E-state index contributed by atoms with van der Waals surface area (Å²) >= 11 is 6.41. The van der Waals surface area contributed by atoms with Crippen LogP contribution in [0.2, 0.25) is 5.02 Å². The first-order chi connectivity index (χ1) is 14.2. The largest absolute Gasteiger partial charge is 0.487 e. The zero-order chi connectivity index (χ0) is 20.7. The molecule has 29 heavy (non-hydrogen) atoms. The predicted octanol–water partition coefficient (Wildman–Crippen LogP) is 6.30. The monoisotopic (exact) mass is 416 g/mol. The Kier molecular flexibility index (Phi) is 11.8. The van der Waals surface area contributed by atoms with Crippen molar-refractivity contribution in [3.8, 4) is 5.75 Å². The smallest absolute Gasteiger partial charge is 0.138 e. The lowest BCUT2D eigenvalue weighted by Gasteiger charge is -2.22. The fourth-order valence-electron chi connectivity index (χ4n) is 3.27. The minimum Gasteiger partial charge on any atom is -0.487 e. The third-order valence-electron chi connectivity index (χ3n) is 5.05. The molecule has 0 amide bonds. The summed E-state index contributed by atoms with van der Waals surface area (Å²) in [6.45, 7) is 10.6. The number of nitrogens with zero attached hydrogens (tertiary/aromatic N) is 1. The van der Waals surface area contributed by atoms with Crippen LogP contribution in [0.5, 0.6) is 5.75 Å². The van der Waals surface area contributed by atoms with Crippen molar-refractivity contribution in [1.82, 2.24) is 10.2 Å². The summed E-state index contributed by atoms with van der Waals surface area (Å²) in [6.07, 6.45) is 6.32. The minimum absolute atomic E-state index is 0.532. The van der Waals surface area contributed by atoms with Crippen LogP contribution in [-0.4, -0.2) is 31.1 Å². The molecule has 160 valence electrons. The highest BCUT2D eigenvalue weighted by Gasteiger charge is 2.05. The number of ether oxygens (including phenoxy) is 1. The topological polar surface area (TPSA) is 24.5 Å². The fraction of sp³-hybridized carbons (Fsp3) is 0.520. The van der Waals surface area contributed by atoms with Crippen LogP contribution in [-0.2, 0) is 13.2 Å². The van der Waals surface area contributed by atoms with E-state index in [1.807, 2.05) is 30.3 Å². The van der Waals surface area contributed by atoms with Gasteiger partial charge in [0, 0.05) is 6.54 Å². The molecule has 0 bridgehead atoms. The van der Waals surface area contributed by atoms with Gasteiger partial charge < -0.3 is 15.0 Å². The fourth-order valence-corrected chi connectivity index (χ4v) is 3.52. The summed E-state index contributed by atoms with van der Waals surface area (Å²) in [5.74, 6) is 0.738. The van der Waals surface area contributed by atoms with E-state index in [-0.39, 0.29) is 0 Å². The molecule has 2 aromatic rings. The zero-order valence-corrected chi connectivity index (χ0v) is 18.9. The molecule has 4 heteroatoms. The van der Waals surface area contributed by atoms with Gasteiger partial charge in [0.1, 0.15) is 12.4 Å². The Morgan fingerprint density at radius 3 is 2.21 bits per heavy atom. The maximum Gasteiger partial charge on any atom is 0.138 e. The van der Waals surface area contributed by atoms with Crippen LogP contribution < -0.4 is 10.1 Å². The van der Waals surface area contributed by atoms with Gasteiger partial charge in [0.05, 0.1) is 5.02 Å². The SMILES string of the molecule is CCCCN(CCCC)CCCNCc1ccc(OCc2ccccc2)c(Cl)c1. The normalized spacial score (nSPS) is 11.2. The highest BCUT2D eigenvalue weighted by molar-refractivity contribution is 6.32. The lowest BCUT2D eigenvalue weighted by Crippen LogP contribution is -2.29. The number of rotatable bonds is 15. The van der Waals surface area contributed by atoms with E-state index in [0.29, 0.717) is 11.6 Å². The van der Waals surface area contributed by atoms with Gasteiger partial charge in [-0.05, 0) is 68.7 Å². The molecule has 0 saturated carbocycles. The second kappa shape index (κ2) is 14.4. The molecule has 0 fully saturated rings. The van der Waals surface area contributed by atoms with Crippen LogP contribution in [0.3, 0.4) is 0 Å². The number of hydrogen-bond acceptors (Lipinski definition) is 3. The first-order valence-corrected chi connectivity index (χ1v) is 11.5. The van der Waals surface area contributed by atoms with Crippen LogP contribution in [0.15, 0.2) is 48.5 Å². The van der Waals surface area contributed by atoms with Crippen molar-refractivity contribution in [3.63, 3.8) is 0 Å². The molecule has 2 rings (SSSR count). The van der Waals surface area contributed by atoms with E-state index in [2.05, 4.69) is 42.3 Å². The molecular formula is C25H37ClN2O. The summed E-state index contributed by atoms with van der Waals surface area (Å²) in [5.41, 5.74) is 2.33. The zero-order valence-electron chi connectivity index (χ0n) is 18.1. The number of halogens is 1. The summed E-state index contributed by atoms with van der Waals surface area (Å²) < 4.78 is 5.85. The van der Waals surface area contributed by atoms with E-state index in [0.717, 1.165) is 24.4 Å². The number of hydrogen-bond donors (Lipinski definition) is 1. The molecule has 0 aromatic heterocycles. The van der Waals surface area contributed by atoms with Gasteiger partial charge in [-0.1, -0.05) is 74.7 Å². The Morgan fingerprint density at radius 1 is 0.862 bits per heavy atom. The van der Waals surface area contributed by atoms with Crippen molar-refractivity contribution < 1.29 is 4.74 Å². The van der Waals surface area contributed by atoms with E-state index in [4.69, 9.17) is 16.3 Å². The second-order valence-electron chi connectivity index (χ2n) is 7.62. The Morgan fingerprint density at radius 2 is 1.55 bits per heavy atom. The van der Waals surface area contributed by atoms with E-state index >= 15 is 0 Å². The third kappa shape index (κ3) is 9.66. The standard InChI is InChI=1S/C25H37ClN2O/c1-3-5-16-28(17-6-4-2)18-10-15-27-20-23-13-14-25(24(26)19-23)29-21-22-11-8-7-9-12-22/h7-9,11-14,19,27H,3-6,10,15-18,20-21H2,1-2H3. The number of nitrogens with one attached hydrogen (secondary N) is 1. The van der Waals surface area contributed by atoms with Crippen LogP contribution in [0.4, 0.5) is 0 Å². The molecule has 0 unspecified atom stereocenters. The maximum absolute atomic E-state index is 6.41. The molecule has 0 spiro atoms. The average molecular weight is 417 g/mol. The lowest BCUT2D eigenvalue weighted by atomic mass is 10.2. The summed E-state index contributed by atoms with van der Waals surface area (Å²) in [4.78, 5) is 2.62. The van der Waals surface area contributed by atoms with Crippen molar-refractivity contribution in [3.05, 3.63) is 64.7 Å². The van der Waals surface area contributed by atoms with Gasteiger partial charge in [0.25, 0.3) is 0 Å². The van der Waals surface area contributed by atoms with Gasteiger partial charge in [0.2, 0.25) is 0 Å². The van der Waals surface area contributed by atoms with Crippen LogP contribution in [0, 0.1) is 0 Å². The van der Waals surface area contributed by atoms with Crippen LogP contribution in [0.1, 0.15) is 57.1 Å². The quantitative estimate of drug-likeness (QED) is 0.345. The molecule has 0 radical (unpaired) electrons. The van der Waals surface area contributed by atoms with Crippen molar-refractivity contribution in [1.29, 1.82) is 0 Å². The van der Waals surface area contributed by atoms with Gasteiger partial charge in [-0.15, -0.1) is 0 Å². The third-order valence-corrected chi connectivity index (χ3v) is 5.34. The molecule has 0 saturated heterocycles. The van der Waals surface area contributed by atoms with Gasteiger partial charge in [0.15, 0.2) is 0 Å². The first-order valence-electron chi connectivity index (χ1n) is 11.1. The molecule has 1 N–H and O–H groups in total. The molecule has 3 nitrogen and oxygen atoms in total. The average Bonchev–Trinajstić information content (AvgIpc) is 2.75. The summed E-state index contributed by atoms with van der Waals surface area (Å²) in [7, 11) is 0. The van der Waals surface area contributed by atoms with Crippen molar-refractivity contribution >= 4 is 11.6 Å². The molecule has 0 aliphatic rings. The Balaban J connectivity index is 1.68. The van der Waals surface area contributed by atoms with E-state index in [9.17, 15) is 0 Å². The highest BCUT2D eigenvalue weighted by atomic mass is 35.5. The Bertz CT molecular complexity index is 670. The van der Waals surface area contributed by atoms with E-state index in [1.54, 1.807) is 0 Å². The summed E-state index contributed by atoms with van der Waals surface area (Å²) in [6, 6.07) is 16.2. The Labute approximate surface area is 182 Å². The van der Waals surface area contributed by atoms with Crippen molar-refractivity contribution in [2.75, 3.05) is 26.2 Å². The van der Waals surface area contributed by atoms with Crippen LogP contribution in [0.25, 0.3) is 0 Å².